The summed E-state index contributed by atoms with van der Waals surface area (Å²) >= 11 is 6.02. The lowest BCUT2D eigenvalue weighted by atomic mass is 10.2. The average molecular weight is 369 g/mol. The molecule has 0 aliphatic rings. The van der Waals surface area contributed by atoms with Crippen molar-refractivity contribution in [3.8, 4) is 0 Å². The van der Waals surface area contributed by atoms with Gasteiger partial charge >= 0.3 is 0 Å². The molecule has 0 aliphatic carbocycles. The molecule has 126 valence electrons. The molecule has 3 N–H and O–H groups in total. The summed E-state index contributed by atoms with van der Waals surface area (Å²) in [5.41, 5.74) is 9.32. The van der Waals surface area contributed by atoms with E-state index in [0.717, 1.165) is 6.07 Å². The Morgan fingerprint density at radius 3 is 2.58 bits per heavy atom. The first-order chi connectivity index (χ1) is 11.0. The summed E-state index contributed by atoms with van der Waals surface area (Å²) < 4.78 is 14.8. The number of nitrogens with two attached hydrogens (primary N) is 1. The van der Waals surface area contributed by atoms with Crippen molar-refractivity contribution in [2.75, 3.05) is 5.43 Å². The fourth-order valence-electron chi connectivity index (χ4n) is 2.30. The Morgan fingerprint density at radius 1 is 1.29 bits per heavy atom. The molecule has 24 heavy (non-hydrogen) atoms. The molecule has 8 heteroatoms. The van der Waals surface area contributed by atoms with Crippen LogP contribution in [0.3, 0.4) is 0 Å². The van der Waals surface area contributed by atoms with Crippen LogP contribution in [0.2, 0.25) is 5.02 Å². The zero-order chi connectivity index (χ0) is 16.6. The van der Waals surface area contributed by atoms with E-state index >= 15 is 0 Å². The number of nitrogens with one attached hydrogen (secondary N) is 1. The summed E-state index contributed by atoms with van der Waals surface area (Å²) in [5, 5.41) is 0.151. The van der Waals surface area contributed by atoms with E-state index in [-0.39, 0.29) is 34.2 Å². The summed E-state index contributed by atoms with van der Waals surface area (Å²) in [5.74, 6) is -0.271. The highest BCUT2D eigenvalue weighted by Crippen LogP contribution is 2.22. The maximum absolute atomic E-state index is 13.5. The van der Waals surface area contributed by atoms with Gasteiger partial charge in [0.25, 0.3) is 5.56 Å². The van der Waals surface area contributed by atoms with Crippen molar-refractivity contribution in [3.05, 3.63) is 69.5 Å². The van der Waals surface area contributed by atoms with Gasteiger partial charge < -0.3 is 5.73 Å². The maximum atomic E-state index is 13.5. The van der Waals surface area contributed by atoms with Gasteiger partial charge in [0.2, 0.25) is 0 Å². The number of nitrogens with zero attached hydrogens (tertiary/aromatic N) is 2. The molecule has 0 aliphatic heterocycles. The van der Waals surface area contributed by atoms with Gasteiger partial charge in [-0.05, 0) is 25.1 Å². The van der Waals surface area contributed by atoms with E-state index in [1.807, 2.05) is 18.2 Å². The third-order valence-electron chi connectivity index (χ3n) is 3.34. The number of aromatic nitrogens is 2. The Labute approximate surface area is 148 Å². The predicted molar refractivity (Wildman–Crippen MR) is 96.3 cm³/mol. The lowest BCUT2D eigenvalue weighted by molar-refractivity contribution is 0.627. The predicted octanol–water partition coefficient (Wildman–Crippen LogP) is 3.51. The molecule has 0 bridgehead atoms. The smallest absolute Gasteiger partial charge is 0.281 e. The van der Waals surface area contributed by atoms with Crippen molar-refractivity contribution in [2.24, 2.45) is 5.73 Å². The number of para-hydroxylation sites is 1. The molecular formula is C16H15Cl2FN4O. The van der Waals surface area contributed by atoms with E-state index in [1.54, 1.807) is 19.1 Å². The first-order valence-electron chi connectivity index (χ1n) is 6.96. The fraction of sp³-hybridized carbons (Fsp3) is 0.125. The number of rotatable bonds is 3. The molecule has 1 aromatic heterocycles. The summed E-state index contributed by atoms with van der Waals surface area (Å²) in [7, 11) is 0. The highest BCUT2D eigenvalue weighted by molar-refractivity contribution is 6.35. The molecule has 1 atom stereocenters. The molecule has 0 spiro atoms. The van der Waals surface area contributed by atoms with Gasteiger partial charge in [-0.15, -0.1) is 12.4 Å². The number of hydrogen-bond donors (Lipinski definition) is 2. The Bertz CT molecular complexity index is 929. The highest BCUT2D eigenvalue weighted by Gasteiger charge is 2.17. The van der Waals surface area contributed by atoms with Gasteiger partial charge in [0.1, 0.15) is 11.6 Å². The first-order valence-corrected chi connectivity index (χ1v) is 7.34. The van der Waals surface area contributed by atoms with Gasteiger partial charge in [-0.25, -0.2) is 14.1 Å². The standard InChI is InChI=1S/C16H14ClFN4O.ClH/c1-9(19)15-20-13-8-10(18)7-12(17)14(13)16(23)22(15)21-11-5-3-2-4-6-11;/h2-9,21H,19H2,1H3;1H/t9-;/m0./s1. The van der Waals surface area contributed by atoms with Crippen LogP contribution >= 0.6 is 24.0 Å². The zero-order valence-electron chi connectivity index (χ0n) is 12.7. The van der Waals surface area contributed by atoms with Gasteiger partial charge in [-0.2, -0.15) is 0 Å². The van der Waals surface area contributed by atoms with E-state index in [1.165, 1.54) is 10.7 Å². The number of halogens is 3. The topological polar surface area (TPSA) is 72.9 Å². The molecule has 5 nitrogen and oxygen atoms in total. The largest absolute Gasteiger partial charge is 0.322 e. The minimum Gasteiger partial charge on any atom is -0.322 e. The molecule has 1 heterocycles. The van der Waals surface area contributed by atoms with Crippen molar-refractivity contribution >= 4 is 40.6 Å². The van der Waals surface area contributed by atoms with Crippen molar-refractivity contribution < 1.29 is 4.39 Å². The van der Waals surface area contributed by atoms with Crippen LogP contribution in [0.1, 0.15) is 18.8 Å². The van der Waals surface area contributed by atoms with Crippen LogP contribution in [-0.4, -0.2) is 9.66 Å². The second-order valence-corrected chi connectivity index (χ2v) is 5.57. The van der Waals surface area contributed by atoms with E-state index < -0.39 is 17.4 Å². The van der Waals surface area contributed by atoms with Crippen molar-refractivity contribution in [1.29, 1.82) is 0 Å². The zero-order valence-corrected chi connectivity index (χ0v) is 14.2. The summed E-state index contributed by atoms with van der Waals surface area (Å²) in [4.78, 5) is 17.1. The van der Waals surface area contributed by atoms with E-state index in [2.05, 4.69) is 10.4 Å². The molecule has 3 aromatic rings. The quantitative estimate of drug-likeness (QED) is 0.741. The molecule has 3 rings (SSSR count). The molecule has 2 aromatic carbocycles. The second kappa shape index (κ2) is 7.17. The van der Waals surface area contributed by atoms with Gasteiger partial charge in [-0.3, -0.25) is 10.2 Å². The van der Waals surface area contributed by atoms with Gasteiger partial charge in [0.15, 0.2) is 0 Å². The average Bonchev–Trinajstić information content (AvgIpc) is 2.50. The van der Waals surface area contributed by atoms with Gasteiger partial charge in [0.05, 0.1) is 27.7 Å². The number of fused-ring (bicyclic) bond motifs is 1. The first kappa shape index (κ1) is 18.2. The van der Waals surface area contributed by atoms with Gasteiger partial charge in [-0.1, -0.05) is 29.8 Å². The van der Waals surface area contributed by atoms with Crippen molar-refractivity contribution in [3.63, 3.8) is 0 Å². The SMILES string of the molecule is C[C@H](N)c1nc2cc(F)cc(Cl)c2c(=O)n1Nc1ccccc1.Cl. The molecule has 0 saturated heterocycles. The third-order valence-corrected chi connectivity index (χ3v) is 3.64. The number of hydrogen-bond acceptors (Lipinski definition) is 4. The lowest BCUT2D eigenvalue weighted by Gasteiger charge is -2.17. The Balaban J connectivity index is 0.00000208. The van der Waals surface area contributed by atoms with Crippen molar-refractivity contribution in [1.82, 2.24) is 9.66 Å². The van der Waals surface area contributed by atoms with Crippen LogP contribution in [-0.2, 0) is 0 Å². The normalized spacial score (nSPS) is 11.8. The molecular weight excluding hydrogens is 354 g/mol. The van der Waals surface area contributed by atoms with Crippen LogP contribution in [0.5, 0.6) is 0 Å². The van der Waals surface area contributed by atoms with Crippen LogP contribution in [0, 0.1) is 5.82 Å². The van der Waals surface area contributed by atoms with Crippen LogP contribution < -0.4 is 16.7 Å². The summed E-state index contributed by atoms with van der Waals surface area (Å²) in [6.45, 7) is 1.69. The molecule has 0 unspecified atom stereocenters. The minimum atomic E-state index is -0.557. The minimum absolute atomic E-state index is 0. The molecule has 0 radical (unpaired) electrons. The Morgan fingerprint density at radius 2 is 1.96 bits per heavy atom. The van der Waals surface area contributed by atoms with E-state index in [9.17, 15) is 9.18 Å². The molecule has 0 fully saturated rings. The maximum Gasteiger partial charge on any atom is 0.281 e. The second-order valence-electron chi connectivity index (χ2n) is 5.16. The summed E-state index contributed by atoms with van der Waals surface area (Å²) in [6.07, 6.45) is 0. The highest BCUT2D eigenvalue weighted by atomic mass is 35.5. The molecule has 0 amide bonds. The third kappa shape index (κ3) is 3.36. The van der Waals surface area contributed by atoms with Crippen molar-refractivity contribution in [2.45, 2.75) is 13.0 Å². The fourth-order valence-corrected chi connectivity index (χ4v) is 2.59. The monoisotopic (exact) mass is 368 g/mol. The van der Waals surface area contributed by atoms with Crippen LogP contribution in [0.4, 0.5) is 10.1 Å². The number of anilines is 1. The van der Waals surface area contributed by atoms with Gasteiger partial charge in [0, 0.05) is 6.07 Å². The Hall–Kier alpha value is -2.15. The Kier molecular flexibility index (Phi) is 5.43. The van der Waals surface area contributed by atoms with Crippen LogP contribution in [0.25, 0.3) is 10.9 Å². The molecule has 0 saturated carbocycles. The number of benzene rings is 2. The lowest BCUT2D eigenvalue weighted by Crippen LogP contribution is -2.33. The van der Waals surface area contributed by atoms with E-state index in [4.69, 9.17) is 17.3 Å². The summed E-state index contributed by atoms with van der Waals surface area (Å²) in [6, 6.07) is 10.8. The van der Waals surface area contributed by atoms with Crippen LogP contribution in [0.15, 0.2) is 47.3 Å². The van der Waals surface area contributed by atoms with E-state index in [0.29, 0.717) is 5.69 Å².